The van der Waals surface area contributed by atoms with E-state index in [0.29, 0.717) is 0 Å². The SMILES string of the molecule is C#Cc1n[nH]c(=O)nc1N. The lowest BCUT2D eigenvalue weighted by molar-refractivity contribution is 0.909. The van der Waals surface area contributed by atoms with Crippen LogP contribution in [0.2, 0.25) is 0 Å². The first-order valence-electron chi connectivity index (χ1n) is 2.43. The monoisotopic (exact) mass is 136 g/mol. The lowest BCUT2D eigenvalue weighted by Crippen LogP contribution is -2.15. The van der Waals surface area contributed by atoms with Crippen LogP contribution in [0.4, 0.5) is 5.82 Å². The predicted molar refractivity (Wildman–Crippen MR) is 35.0 cm³/mol. The second-order valence-corrected chi connectivity index (χ2v) is 1.52. The highest BCUT2D eigenvalue weighted by atomic mass is 16.1. The van der Waals surface area contributed by atoms with Gasteiger partial charge in [-0.3, -0.25) is 0 Å². The van der Waals surface area contributed by atoms with Crippen LogP contribution in [0.3, 0.4) is 0 Å². The number of nitrogens with one attached hydrogen (secondary N) is 1. The Morgan fingerprint density at radius 2 is 2.40 bits per heavy atom. The van der Waals surface area contributed by atoms with Crippen molar-refractivity contribution in [1.82, 2.24) is 15.2 Å². The molecule has 1 rings (SSSR count). The standard InChI is InChI=1S/C5H4N4O/c1-2-3-4(6)7-5(10)9-8-3/h1H,(H3,6,7,9,10). The van der Waals surface area contributed by atoms with Crippen molar-refractivity contribution in [3.8, 4) is 12.3 Å². The molecule has 0 aromatic carbocycles. The van der Waals surface area contributed by atoms with Gasteiger partial charge in [0.05, 0.1) is 0 Å². The topological polar surface area (TPSA) is 84.7 Å². The molecule has 5 heteroatoms. The van der Waals surface area contributed by atoms with E-state index < -0.39 is 5.69 Å². The lowest BCUT2D eigenvalue weighted by Gasteiger charge is -1.90. The number of terminal acetylenes is 1. The molecule has 0 fully saturated rings. The molecule has 0 amide bonds. The molecule has 0 aliphatic carbocycles. The number of anilines is 1. The van der Waals surface area contributed by atoms with E-state index in [4.69, 9.17) is 12.2 Å². The minimum atomic E-state index is -0.600. The average molecular weight is 136 g/mol. The van der Waals surface area contributed by atoms with Crippen molar-refractivity contribution in [2.75, 3.05) is 5.73 Å². The molecule has 1 aromatic rings. The first kappa shape index (κ1) is 6.29. The molecule has 5 nitrogen and oxygen atoms in total. The molecule has 0 saturated carbocycles. The Balaban J connectivity index is 3.37. The zero-order valence-corrected chi connectivity index (χ0v) is 4.96. The number of nitrogens with zero attached hydrogens (tertiary/aromatic N) is 2. The van der Waals surface area contributed by atoms with Crippen molar-refractivity contribution in [2.24, 2.45) is 0 Å². The van der Waals surface area contributed by atoms with Crippen molar-refractivity contribution in [3.05, 3.63) is 16.2 Å². The Morgan fingerprint density at radius 1 is 1.70 bits per heavy atom. The Kier molecular flexibility index (Phi) is 1.38. The van der Waals surface area contributed by atoms with Gasteiger partial charge in [0.2, 0.25) is 0 Å². The minimum absolute atomic E-state index is 0.0220. The van der Waals surface area contributed by atoms with E-state index >= 15 is 0 Å². The van der Waals surface area contributed by atoms with Crippen LogP contribution >= 0.6 is 0 Å². The third-order valence-corrected chi connectivity index (χ3v) is 0.865. The molecule has 0 aliphatic heterocycles. The smallest absolute Gasteiger partial charge is 0.363 e. The Morgan fingerprint density at radius 3 is 2.90 bits per heavy atom. The fraction of sp³-hybridized carbons (Fsp3) is 0. The summed E-state index contributed by atoms with van der Waals surface area (Å²) in [5.74, 6) is 2.13. The largest absolute Gasteiger partial charge is 0.381 e. The van der Waals surface area contributed by atoms with Gasteiger partial charge in [-0.05, 0) is 5.92 Å². The van der Waals surface area contributed by atoms with Crippen molar-refractivity contribution < 1.29 is 0 Å². The van der Waals surface area contributed by atoms with E-state index in [9.17, 15) is 4.79 Å². The van der Waals surface area contributed by atoms with Gasteiger partial charge in [-0.25, -0.2) is 9.89 Å². The van der Waals surface area contributed by atoms with Crippen LogP contribution in [0, 0.1) is 12.3 Å². The number of nitrogens with two attached hydrogens (primary N) is 1. The maximum absolute atomic E-state index is 10.4. The molecule has 0 radical (unpaired) electrons. The lowest BCUT2D eigenvalue weighted by atomic mass is 10.4. The minimum Gasteiger partial charge on any atom is -0.381 e. The Labute approximate surface area is 56.3 Å². The van der Waals surface area contributed by atoms with E-state index in [0.717, 1.165) is 0 Å². The summed E-state index contributed by atoms with van der Waals surface area (Å²) >= 11 is 0. The number of hydrogen-bond acceptors (Lipinski definition) is 4. The highest BCUT2D eigenvalue weighted by Crippen LogP contribution is 1.94. The molecule has 1 aromatic heterocycles. The molecule has 10 heavy (non-hydrogen) atoms. The molecule has 1 heterocycles. The summed E-state index contributed by atoms with van der Waals surface area (Å²) in [7, 11) is 0. The maximum Gasteiger partial charge on any atom is 0.363 e. The molecular formula is C5H4N4O. The number of aromatic amines is 1. The maximum atomic E-state index is 10.4. The number of rotatable bonds is 0. The molecule has 0 atom stereocenters. The fourth-order valence-corrected chi connectivity index (χ4v) is 0.455. The van der Waals surface area contributed by atoms with Crippen LogP contribution in [-0.4, -0.2) is 15.2 Å². The summed E-state index contributed by atoms with van der Waals surface area (Å²) in [6.07, 6.45) is 4.95. The van der Waals surface area contributed by atoms with Crippen molar-refractivity contribution in [2.45, 2.75) is 0 Å². The molecular weight excluding hydrogens is 132 g/mol. The van der Waals surface area contributed by atoms with Crippen molar-refractivity contribution >= 4 is 5.82 Å². The third-order valence-electron chi connectivity index (χ3n) is 0.865. The normalized spacial score (nSPS) is 8.70. The summed E-state index contributed by atoms with van der Waals surface area (Å²) in [4.78, 5) is 13.7. The van der Waals surface area contributed by atoms with Gasteiger partial charge >= 0.3 is 5.69 Å². The molecule has 0 bridgehead atoms. The number of H-pyrrole nitrogens is 1. The van der Waals surface area contributed by atoms with Gasteiger partial charge in [0.25, 0.3) is 0 Å². The Bertz CT molecular complexity index is 334. The van der Waals surface area contributed by atoms with Crippen LogP contribution in [-0.2, 0) is 0 Å². The molecule has 50 valence electrons. The number of hydrogen-bond donors (Lipinski definition) is 2. The van der Waals surface area contributed by atoms with Gasteiger partial charge in [0.1, 0.15) is 0 Å². The van der Waals surface area contributed by atoms with Gasteiger partial charge in [-0.15, -0.1) is 6.42 Å². The van der Waals surface area contributed by atoms with Gasteiger partial charge in [0.15, 0.2) is 11.5 Å². The molecule has 0 saturated heterocycles. The van der Waals surface area contributed by atoms with E-state index in [1.807, 2.05) is 0 Å². The van der Waals surface area contributed by atoms with Crippen LogP contribution in [0.5, 0.6) is 0 Å². The summed E-state index contributed by atoms with van der Waals surface area (Å²) in [5.41, 5.74) is 4.75. The van der Waals surface area contributed by atoms with Crippen LogP contribution in [0.1, 0.15) is 5.69 Å². The molecule has 0 aliphatic rings. The summed E-state index contributed by atoms with van der Waals surface area (Å²) < 4.78 is 0. The first-order chi connectivity index (χ1) is 4.74. The summed E-state index contributed by atoms with van der Waals surface area (Å²) in [6, 6.07) is 0. The first-order valence-corrected chi connectivity index (χ1v) is 2.43. The third kappa shape index (κ3) is 0.951. The zero-order valence-electron chi connectivity index (χ0n) is 4.96. The van der Waals surface area contributed by atoms with E-state index in [-0.39, 0.29) is 11.5 Å². The van der Waals surface area contributed by atoms with E-state index in [1.54, 1.807) is 0 Å². The predicted octanol–water partition coefficient (Wildman–Crippen LogP) is -1.27. The second kappa shape index (κ2) is 2.19. The van der Waals surface area contributed by atoms with Gasteiger partial charge < -0.3 is 5.73 Å². The molecule has 0 spiro atoms. The summed E-state index contributed by atoms with van der Waals surface area (Å²) in [6.45, 7) is 0. The van der Waals surface area contributed by atoms with Gasteiger partial charge in [-0.2, -0.15) is 10.1 Å². The van der Waals surface area contributed by atoms with E-state index in [1.165, 1.54) is 0 Å². The van der Waals surface area contributed by atoms with E-state index in [2.05, 4.69) is 21.1 Å². The molecule has 3 N–H and O–H groups in total. The highest BCUT2D eigenvalue weighted by Gasteiger charge is 1.96. The van der Waals surface area contributed by atoms with Gasteiger partial charge in [-0.1, -0.05) is 0 Å². The van der Waals surface area contributed by atoms with Crippen LogP contribution in [0.15, 0.2) is 4.79 Å². The van der Waals surface area contributed by atoms with Crippen LogP contribution < -0.4 is 11.4 Å². The number of aromatic nitrogens is 3. The number of nitrogen functional groups attached to an aromatic ring is 1. The quantitative estimate of drug-likeness (QED) is 0.435. The Hall–Kier alpha value is -1.83. The van der Waals surface area contributed by atoms with Crippen LogP contribution in [0.25, 0.3) is 0 Å². The zero-order chi connectivity index (χ0) is 7.56. The summed E-state index contributed by atoms with van der Waals surface area (Å²) in [5, 5.41) is 5.49. The highest BCUT2D eigenvalue weighted by molar-refractivity contribution is 5.42. The van der Waals surface area contributed by atoms with Crippen molar-refractivity contribution in [1.29, 1.82) is 0 Å². The molecule has 0 unspecified atom stereocenters. The average Bonchev–Trinajstić information content (AvgIpc) is 1.88. The second-order valence-electron chi connectivity index (χ2n) is 1.52. The van der Waals surface area contributed by atoms with Gasteiger partial charge in [0, 0.05) is 0 Å². The fourth-order valence-electron chi connectivity index (χ4n) is 0.455. The van der Waals surface area contributed by atoms with Crippen molar-refractivity contribution in [3.63, 3.8) is 0 Å².